The van der Waals surface area contributed by atoms with Crippen molar-refractivity contribution in [1.82, 2.24) is 4.90 Å². The van der Waals surface area contributed by atoms with Gasteiger partial charge in [0.15, 0.2) is 0 Å². The highest BCUT2D eigenvalue weighted by atomic mass is 32.2. The number of thioether (sulfide) groups is 1. The Morgan fingerprint density at radius 3 is 2.70 bits per heavy atom. The van der Waals surface area contributed by atoms with Gasteiger partial charge in [0.25, 0.3) is 5.91 Å². The van der Waals surface area contributed by atoms with Gasteiger partial charge in [-0.05, 0) is 36.3 Å². The minimum Gasteiger partial charge on any atom is -0.477 e. The maximum atomic E-state index is 13.0. The Balaban J connectivity index is 1.64. The monoisotopic (exact) mass is 439 g/mol. The van der Waals surface area contributed by atoms with E-state index in [0.29, 0.717) is 5.57 Å². The normalized spacial score (nSPS) is 25.7. The molecule has 158 valence electrons. The first-order valence-electron chi connectivity index (χ1n) is 8.96. The van der Waals surface area contributed by atoms with E-state index in [4.69, 9.17) is 5.73 Å². The van der Waals surface area contributed by atoms with E-state index in [9.17, 15) is 32.7 Å². The molecule has 0 spiro atoms. The number of amides is 2. The lowest BCUT2D eigenvalue weighted by molar-refractivity contribution is -0.147. The molecule has 3 aliphatic heterocycles. The maximum absolute atomic E-state index is 13.0. The number of carboxylic acids is 1. The van der Waals surface area contributed by atoms with E-state index in [1.165, 1.54) is 34.9 Å². The highest BCUT2D eigenvalue weighted by Crippen LogP contribution is 2.40. The van der Waals surface area contributed by atoms with E-state index in [1.807, 2.05) is 0 Å². The lowest BCUT2D eigenvalue weighted by atomic mass is 10.0. The number of fused-ring (bicyclic) bond motifs is 1. The number of carbonyl (C=O) groups excluding carboxylic acids is 2. The Kier molecular flexibility index (Phi) is 4.89. The molecule has 0 bridgehead atoms. The fraction of sp³-hybridized carbons (Fsp3) is 0.316. The Morgan fingerprint density at radius 2 is 2.03 bits per heavy atom. The summed E-state index contributed by atoms with van der Waals surface area (Å²) in [7, 11) is 0. The summed E-state index contributed by atoms with van der Waals surface area (Å²) in [6.07, 6.45) is -2.86. The molecule has 3 N–H and O–H groups in total. The van der Waals surface area contributed by atoms with Gasteiger partial charge >= 0.3 is 12.1 Å². The molecule has 0 radical (unpaired) electrons. The number of hydrogen-bond donors (Lipinski definition) is 2. The zero-order chi connectivity index (χ0) is 21.8. The quantitative estimate of drug-likeness (QED) is 0.551. The van der Waals surface area contributed by atoms with Crippen LogP contribution in [-0.2, 0) is 20.6 Å². The van der Waals surface area contributed by atoms with E-state index in [1.54, 1.807) is 0 Å². The average molecular weight is 439 g/mol. The number of hydrogen-bond acceptors (Lipinski definition) is 5. The van der Waals surface area contributed by atoms with Crippen molar-refractivity contribution >= 4 is 35.2 Å². The van der Waals surface area contributed by atoms with Crippen LogP contribution in [0.4, 0.5) is 18.9 Å². The summed E-state index contributed by atoms with van der Waals surface area (Å²) in [4.78, 5) is 38.9. The molecule has 4 rings (SSSR count). The minimum atomic E-state index is -4.53. The first-order valence-corrected chi connectivity index (χ1v) is 10.0. The number of nitrogens with zero attached hydrogens (tertiary/aromatic N) is 2. The van der Waals surface area contributed by atoms with Crippen molar-refractivity contribution in [1.29, 1.82) is 0 Å². The number of nitrogens with two attached hydrogens (primary N) is 1. The van der Waals surface area contributed by atoms with Gasteiger partial charge in [-0.1, -0.05) is 6.07 Å². The van der Waals surface area contributed by atoms with Crippen LogP contribution in [0.3, 0.4) is 0 Å². The van der Waals surface area contributed by atoms with E-state index in [2.05, 4.69) is 0 Å². The lowest BCUT2D eigenvalue weighted by Gasteiger charge is -2.47. The predicted molar refractivity (Wildman–Crippen MR) is 102 cm³/mol. The van der Waals surface area contributed by atoms with Crippen LogP contribution in [0.15, 0.2) is 47.2 Å². The van der Waals surface area contributed by atoms with Crippen LogP contribution < -0.4 is 10.6 Å². The third-order valence-electron chi connectivity index (χ3n) is 5.20. The number of carboxylic acid groups (broad SMARTS) is 1. The second kappa shape index (κ2) is 7.17. The van der Waals surface area contributed by atoms with E-state index >= 15 is 0 Å². The Hall–Kier alpha value is -2.79. The van der Waals surface area contributed by atoms with Gasteiger partial charge < -0.3 is 15.7 Å². The topological polar surface area (TPSA) is 104 Å². The molecule has 2 saturated heterocycles. The summed E-state index contributed by atoms with van der Waals surface area (Å²) in [5, 5.41) is 9.13. The van der Waals surface area contributed by atoms with Crippen molar-refractivity contribution in [2.24, 2.45) is 5.73 Å². The number of β-lactam (4-membered cyclic amide) rings is 1. The van der Waals surface area contributed by atoms with Crippen LogP contribution in [0, 0.1) is 0 Å². The molecule has 2 atom stereocenters. The maximum Gasteiger partial charge on any atom is 0.416 e. The largest absolute Gasteiger partial charge is 0.477 e. The van der Waals surface area contributed by atoms with Gasteiger partial charge in [0.1, 0.15) is 17.1 Å². The van der Waals surface area contributed by atoms with Crippen LogP contribution in [0.25, 0.3) is 0 Å². The molecule has 11 heteroatoms. The zero-order valence-corrected chi connectivity index (χ0v) is 16.2. The van der Waals surface area contributed by atoms with E-state index < -0.39 is 40.9 Å². The smallest absolute Gasteiger partial charge is 0.416 e. The van der Waals surface area contributed by atoms with Crippen LogP contribution >= 0.6 is 11.8 Å². The third kappa shape index (κ3) is 3.27. The number of rotatable bonds is 3. The third-order valence-corrected chi connectivity index (χ3v) is 6.52. The summed E-state index contributed by atoms with van der Waals surface area (Å²) < 4.78 is 38.9. The summed E-state index contributed by atoms with van der Waals surface area (Å²) in [6.45, 7) is 0.172. The molecule has 3 aliphatic rings. The average Bonchev–Trinajstić information content (AvgIpc) is 3.06. The fourth-order valence-corrected chi connectivity index (χ4v) is 4.96. The highest BCUT2D eigenvalue weighted by molar-refractivity contribution is 8.00. The summed E-state index contributed by atoms with van der Waals surface area (Å²) in [5.74, 6) is -2.04. The van der Waals surface area contributed by atoms with Gasteiger partial charge in [-0.2, -0.15) is 13.2 Å². The SMILES string of the molecule is N[C@@H]1C(=O)N2C(C(=O)O)=C(/C=C3\CCN(c4cccc(C(F)(F)F)c4)C3=O)CS[C@H]12. The Morgan fingerprint density at radius 1 is 1.30 bits per heavy atom. The van der Waals surface area contributed by atoms with Crippen LogP contribution in [-0.4, -0.2) is 51.5 Å². The Labute approximate surface area is 173 Å². The van der Waals surface area contributed by atoms with Crippen molar-refractivity contribution in [2.75, 3.05) is 17.2 Å². The molecule has 3 heterocycles. The van der Waals surface area contributed by atoms with Crippen molar-refractivity contribution in [3.63, 3.8) is 0 Å². The van der Waals surface area contributed by atoms with Gasteiger partial charge in [-0.3, -0.25) is 14.5 Å². The first kappa shape index (κ1) is 20.5. The number of allylic oxidation sites excluding steroid dienone is 1. The zero-order valence-electron chi connectivity index (χ0n) is 15.3. The predicted octanol–water partition coefficient (Wildman–Crippen LogP) is 1.95. The molecular weight excluding hydrogens is 423 g/mol. The Bertz CT molecular complexity index is 1020. The molecule has 2 amide bonds. The molecule has 7 nitrogen and oxygen atoms in total. The van der Waals surface area contributed by atoms with Gasteiger partial charge in [0, 0.05) is 23.6 Å². The van der Waals surface area contributed by atoms with Gasteiger partial charge in [0.05, 0.1) is 5.56 Å². The van der Waals surface area contributed by atoms with Crippen molar-refractivity contribution in [2.45, 2.75) is 24.0 Å². The summed E-state index contributed by atoms with van der Waals surface area (Å²) in [6, 6.07) is 3.72. The van der Waals surface area contributed by atoms with E-state index in [0.717, 1.165) is 17.0 Å². The van der Waals surface area contributed by atoms with Gasteiger partial charge in [0.2, 0.25) is 5.91 Å². The number of benzene rings is 1. The van der Waals surface area contributed by atoms with Crippen molar-refractivity contribution in [3.05, 3.63) is 52.7 Å². The number of alkyl halides is 3. The number of aliphatic carboxylic acids is 1. The van der Waals surface area contributed by atoms with Crippen molar-refractivity contribution < 1.29 is 32.7 Å². The number of halogens is 3. The first-order chi connectivity index (χ1) is 14.1. The second-order valence-electron chi connectivity index (χ2n) is 7.04. The molecule has 0 aromatic heterocycles. The van der Waals surface area contributed by atoms with Crippen molar-refractivity contribution in [3.8, 4) is 0 Å². The molecule has 2 fully saturated rings. The fourth-order valence-electron chi connectivity index (χ4n) is 3.71. The second-order valence-corrected chi connectivity index (χ2v) is 8.14. The molecule has 1 aromatic carbocycles. The number of anilines is 1. The molecule has 0 unspecified atom stereocenters. The molecule has 0 aliphatic carbocycles. The van der Waals surface area contributed by atoms with Crippen LogP contribution in [0.1, 0.15) is 12.0 Å². The molecule has 30 heavy (non-hydrogen) atoms. The number of carbonyl (C=O) groups is 3. The molecule has 1 aromatic rings. The minimum absolute atomic E-state index is 0.118. The summed E-state index contributed by atoms with van der Waals surface area (Å²) >= 11 is 1.30. The molecule has 0 saturated carbocycles. The lowest BCUT2D eigenvalue weighted by Crippen LogP contribution is -2.68. The highest BCUT2D eigenvalue weighted by Gasteiger charge is 2.51. The summed E-state index contributed by atoms with van der Waals surface area (Å²) in [5.41, 5.74) is 5.35. The van der Waals surface area contributed by atoms with Crippen LogP contribution in [0.2, 0.25) is 0 Å². The van der Waals surface area contributed by atoms with Gasteiger partial charge in [-0.15, -0.1) is 11.8 Å². The van der Waals surface area contributed by atoms with Gasteiger partial charge in [-0.25, -0.2) is 4.79 Å². The molecular formula is C19H16F3N3O4S. The standard InChI is InChI=1S/C19H16F3N3O4S/c20-19(21,22)11-2-1-3-12(7-11)24-5-4-9(15(24)26)6-10-8-30-17-13(23)16(27)25(17)14(10)18(28)29/h1-3,6-7,13,17H,4-5,8,23H2,(H,28,29)/b9-6+/t13-,17-/m1/s1. The van der Waals surface area contributed by atoms with Crippen LogP contribution in [0.5, 0.6) is 0 Å². The van der Waals surface area contributed by atoms with E-state index in [-0.39, 0.29) is 35.7 Å².